The molecule has 3 aromatic rings. The van der Waals surface area contributed by atoms with Gasteiger partial charge in [0.05, 0.1) is 15.8 Å². The minimum Gasteiger partial charge on any atom is -0.336 e. The van der Waals surface area contributed by atoms with Gasteiger partial charge in [-0.1, -0.05) is 18.2 Å². The number of carbonyl (C=O) groups excluding carboxylic acids is 1. The van der Waals surface area contributed by atoms with Gasteiger partial charge in [0.2, 0.25) is 0 Å². The molecule has 8 heteroatoms. The Kier molecular flexibility index (Phi) is 4.96. The lowest BCUT2D eigenvalue weighted by Crippen LogP contribution is -2.33. The Hall–Kier alpha value is -3.00. The van der Waals surface area contributed by atoms with Crippen LogP contribution in [0.25, 0.3) is 11.3 Å². The van der Waals surface area contributed by atoms with Crippen LogP contribution >= 0.6 is 0 Å². The smallest absolute Gasteiger partial charge is 0.272 e. The largest absolute Gasteiger partial charge is 0.336 e. The second-order valence-corrected chi connectivity index (χ2v) is 9.29. The molecule has 4 rings (SSSR count). The molecule has 0 saturated carbocycles. The maximum atomic E-state index is 13.1. The molecule has 1 fully saturated rings. The van der Waals surface area contributed by atoms with Crippen LogP contribution < -0.4 is 0 Å². The van der Waals surface area contributed by atoms with E-state index in [2.05, 4.69) is 5.10 Å². The fraction of sp³-hybridized carbons (Fsp3) is 0.238. The highest BCUT2D eigenvalue weighted by Gasteiger charge is 2.37. The molecule has 0 spiro atoms. The van der Waals surface area contributed by atoms with Crippen molar-refractivity contribution in [2.24, 2.45) is 7.05 Å². The van der Waals surface area contributed by atoms with Gasteiger partial charge in [-0.25, -0.2) is 12.8 Å². The fourth-order valence-corrected chi connectivity index (χ4v) is 5.27. The Morgan fingerprint density at radius 1 is 1.10 bits per heavy atom. The molecule has 1 aromatic heterocycles. The Bertz CT molecular complexity index is 1140. The van der Waals surface area contributed by atoms with Gasteiger partial charge in [-0.15, -0.1) is 0 Å². The highest BCUT2D eigenvalue weighted by atomic mass is 32.2. The zero-order valence-electron chi connectivity index (χ0n) is 15.8. The van der Waals surface area contributed by atoms with Crippen molar-refractivity contribution >= 4 is 15.7 Å². The predicted octanol–water partition coefficient (Wildman–Crippen LogP) is 2.91. The number of hydrogen-bond donors (Lipinski definition) is 0. The molecular weight excluding hydrogens is 393 g/mol. The number of hydrogen-bond acceptors (Lipinski definition) is 4. The van der Waals surface area contributed by atoms with Crippen molar-refractivity contribution in [2.75, 3.05) is 13.1 Å². The standard InChI is InChI=1S/C21H20FN3O3S/c1-24-20(13-19(23-24)15-7-9-16(22)10-8-15)21(26)25-12-11-18(14-25)29(27,28)17-5-3-2-4-6-17/h2-10,13,18H,11-12,14H2,1H3. The molecule has 0 bridgehead atoms. The van der Waals surface area contributed by atoms with E-state index in [-0.39, 0.29) is 23.2 Å². The first-order valence-electron chi connectivity index (χ1n) is 9.24. The number of benzene rings is 2. The van der Waals surface area contributed by atoms with E-state index in [1.807, 2.05) is 0 Å². The third-order valence-electron chi connectivity index (χ3n) is 5.18. The molecule has 150 valence electrons. The second-order valence-electron chi connectivity index (χ2n) is 7.07. The number of likely N-dealkylation sites (tertiary alicyclic amines) is 1. The molecular formula is C21H20FN3O3S. The van der Waals surface area contributed by atoms with Crippen LogP contribution in [0.5, 0.6) is 0 Å². The summed E-state index contributed by atoms with van der Waals surface area (Å²) in [4.78, 5) is 14.8. The Morgan fingerprint density at radius 3 is 2.48 bits per heavy atom. The summed E-state index contributed by atoms with van der Waals surface area (Å²) in [5.74, 6) is -0.608. The number of nitrogens with zero attached hydrogens (tertiary/aromatic N) is 3. The summed E-state index contributed by atoms with van der Waals surface area (Å²) >= 11 is 0. The summed E-state index contributed by atoms with van der Waals surface area (Å²) in [5, 5.41) is 3.72. The van der Waals surface area contributed by atoms with Gasteiger partial charge in [-0.3, -0.25) is 9.48 Å². The first-order chi connectivity index (χ1) is 13.9. The van der Waals surface area contributed by atoms with Gasteiger partial charge in [0.1, 0.15) is 11.5 Å². The van der Waals surface area contributed by atoms with Gasteiger partial charge >= 0.3 is 0 Å². The minimum absolute atomic E-state index is 0.146. The van der Waals surface area contributed by atoms with Crippen molar-refractivity contribution in [3.05, 3.63) is 72.2 Å². The Morgan fingerprint density at radius 2 is 1.79 bits per heavy atom. The monoisotopic (exact) mass is 413 g/mol. The maximum absolute atomic E-state index is 13.1. The molecule has 0 aliphatic carbocycles. The van der Waals surface area contributed by atoms with E-state index in [0.717, 1.165) is 0 Å². The lowest BCUT2D eigenvalue weighted by atomic mass is 10.1. The summed E-state index contributed by atoms with van der Waals surface area (Å²) in [6, 6.07) is 15.8. The van der Waals surface area contributed by atoms with Crippen LogP contribution in [0.4, 0.5) is 4.39 Å². The van der Waals surface area contributed by atoms with Crippen LogP contribution in [-0.4, -0.2) is 47.3 Å². The zero-order chi connectivity index (χ0) is 20.6. The maximum Gasteiger partial charge on any atom is 0.272 e. The normalized spacial score (nSPS) is 16.9. The lowest BCUT2D eigenvalue weighted by molar-refractivity contribution is 0.0782. The summed E-state index contributed by atoms with van der Waals surface area (Å²) in [5.41, 5.74) is 1.62. The molecule has 1 amide bonds. The summed E-state index contributed by atoms with van der Waals surface area (Å²) in [6.07, 6.45) is 0.394. The Balaban J connectivity index is 1.53. The molecule has 1 atom stereocenters. The number of halogens is 1. The van der Waals surface area contributed by atoms with Crippen LogP contribution in [0.1, 0.15) is 16.9 Å². The molecule has 2 aromatic carbocycles. The van der Waals surface area contributed by atoms with E-state index >= 15 is 0 Å². The molecule has 6 nitrogen and oxygen atoms in total. The molecule has 1 aliphatic heterocycles. The lowest BCUT2D eigenvalue weighted by Gasteiger charge is -2.16. The molecule has 2 heterocycles. The molecule has 1 aliphatic rings. The molecule has 1 unspecified atom stereocenters. The fourth-order valence-electron chi connectivity index (χ4n) is 3.56. The third-order valence-corrected chi connectivity index (χ3v) is 7.37. The highest BCUT2D eigenvalue weighted by Crippen LogP contribution is 2.26. The van der Waals surface area contributed by atoms with Gasteiger partial charge < -0.3 is 4.90 Å². The van der Waals surface area contributed by atoms with Crippen molar-refractivity contribution < 1.29 is 17.6 Å². The van der Waals surface area contributed by atoms with Gasteiger partial charge in [0, 0.05) is 25.7 Å². The number of rotatable bonds is 4. The number of sulfone groups is 1. The average molecular weight is 413 g/mol. The number of amides is 1. The molecule has 1 saturated heterocycles. The van der Waals surface area contributed by atoms with Crippen LogP contribution in [-0.2, 0) is 16.9 Å². The van der Waals surface area contributed by atoms with Crippen molar-refractivity contribution in [3.63, 3.8) is 0 Å². The van der Waals surface area contributed by atoms with Crippen LogP contribution in [0, 0.1) is 5.82 Å². The van der Waals surface area contributed by atoms with Crippen molar-refractivity contribution in [3.8, 4) is 11.3 Å². The van der Waals surface area contributed by atoms with Gasteiger partial charge in [0.25, 0.3) is 5.91 Å². The van der Waals surface area contributed by atoms with E-state index in [0.29, 0.717) is 29.9 Å². The van der Waals surface area contributed by atoms with Crippen LogP contribution in [0.15, 0.2) is 65.6 Å². The molecule has 0 radical (unpaired) electrons. The SMILES string of the molecule is Cn1nc(-c2ccc(F)cc2)cc1C(=O)N1CCC(S(=O)(=O)c2ccccc2)C1. The number of aryl methyl sites for hydroxylation is 1. The van der Waals surface area contributed by atoms with Crippen LogP contribution in [0.2, 0.25) is 0 Å². The van der Waals surface area contributed by atoms with Crippen molar-refractivity contribution in [2.45, 2.75) is 16.6 Å². The quantitative estimate of drug-likeness (QED) is 0.659. The highest BCUT2D eigenvalue weighted by molar-refractivity contribution is 7.92. The van der Waals surface area contributed by atoms with Crippen molar-refractivity contribution in [1.29, 1.82) is 0 Å². The van der Waals surface area contributed by atoms with E-state index in [4.69, 9.17) is 0 Å². The summed E-state index contributed by atoms with van der Waals surface area (Å²) in [6.45, 7) is 0.514. The van der Waals surface area contributed by atoms with Gasteiger partial charge in [0.15, 0.2) is 9.84 Å². The van der Waals surface area contributed by atoms with Gasteiger partial charge in [-0.2, -0.15) is 5.10 Å². The summed E-state index contributed by atoms with van der Waals surface area (Å²) in [7, 11) is -1.83. The summed E-state index contributed by atoms with van der Waals surface area (Å²) < 4.78 is 40.3. The minimum atomic E-state index is -3.49. The van der Waals surface area contributed by atoms with E-state index in [1.54, 1.807) is 60.5 Å². The van der Waals surface area contributed by atoms with Crippen LogP contribution in [0.3, 0.4) is 0 Å². The molecule has 29 heavy (non-hydrogen) atoms. The number of carbonyl (C=O) groups is 1. The zero-order valence-corrected chi connectivity index (χ0v) is 16.6. The number of aromatic nitrogens is 2. The van der Waals surface area contributed by atoms with E-state index in [1.165, 1.54) is 16.8 Å². The van der Waals surface area contributed by atoms with E-state index in [9.17, 15) is 17.6 Å². The average Bonchev–Trinajstić information content (AvgIpc) is 3.36. The predicted molar refractivity (Wildman–Crippen MR) is 107 cm³/mol. The van der Waals surface area contributed by atoms with E-state index < -0.39 is 15.1 Å². The first-order valence-corrected chi connectivity index (χ1v) is 10.8. The third kappa shape index (κ3) is 3.67. The van der Waals surface area contributed by atoms with Crippen molar-refractivity contribution in [1.82, 2.24) is 14.7 Å². The van der Waals surface area contributed by atoms with Gasteiger partial charge in [-0.05, 0) is 48.9 Å². The first kappa shape index (κ1) is 19.3. The Labute approximate surface area is 168 Å². The topological polar surface area (TPSA) is 72.3 Å². The molecule has 0 N–H and O–H groups in total. The second kappa shape index (κ2) is 7.44.